The zero-order chi connectivity index (χ0) is 12.7. The number of carbonyl (C=O) groups excluding carboxylic acids is 1. The van der Waals surface area contributed by atoms with Gasteiger partial charge in [0, 0.05) is 11.8 Å². The summed E-state index contributed by atoms with van der Waals surface area (Å²) in [6.07, 6.45) is 0. The summed E-state index contributed by atoms with van der Waals surface area (Å²) < 4.78 is 4.82. The minimum atomic E-state index is -0.220. The van der Waals surface area contributed by atoms with E-state index in [1.54, 1.807) is 13.0 Å². The third-order valence-corrected chi connectivity index (χ3v) is 2.71. The average Bonchev–Trinajstić information content (AvgIpc) is 2.28. The van der Waals surface area contributed by atoms with E-state index in [1.165, 1.54) is 11.8 Å². The zero-order valence-corrected chi connectivity index (χ0v) is 10.7. The minimum absolute atomic E-state index is 0.220. The van der Waals surface area contributed by atoms with Gasteiger partial charge >= 0.3 is 5.97 Å². The molecule has 1 heterocycles. The molecule has 0 bridgehead atoms. The predicted octanol–water partition coefficient (Wildman–Crippen LogP) is 0.867. The second kappa shape index (κ2) is 7.08. The molecule has 1 aromatic rings. The largest absolute Gasteiger partial charge is 0.465 e. The fraction of sp³-hybridized carbons (Fsp3) is 0.500. The highest BCUT2D eigenvalue weighted by molar-refractivity contribution is 7.99. The summed E-state index contributed by atoms with van der Waals surface area (Å²) in [6, 6.07) is 1.75. The molecule has 3 N–H and O–H groups in total. The molecule has 6 nitrogen and oxygen atoms in total. The number of thioether (sulfide) groups is 1. The van der Waals surface area contributed by atoms with Crippen LogP contribution in [0.1, 0.15) is 18.4 Å². The summed E-state index contributed by atoms with van der Waals surface area (Å²) in [7, 11) is 0. The van der Waals surface area contributed by atoms with Gasteiger partial charge in [-0.15, -0.1) is 11.8 Å². The maximum Gasteiger partial charge on any atom is 0.315 e. The number of nitrogen functional groups attached to an aromatic ring is 1. The molecule has 0 aliphatic carbocycles. The molecular formula is C10H16N4O2S. The van der Waals surface area contributed by atoms with Crippen LogP contribution in [0, 0.1) is 6.92 Å². The molecule has 7 heteroatoms. The van der Waals surface area contributed by atoms with Crippen molar-refractivity contribution in [1.82, 2.24) is 9.97 Å². The van der Waals surface area contributed by atoms with Crippen LogP contribution in [0.5, 0.6) is 0 Å². The first-order valence-corrected chi connectivity index (χ1v) is 6.35. The van der Waals surface area contributed by atoms with Crippen LogP contribution < -0.4 is 11.3 Å². The van der Waals surface area contributed by atoms with Crippen molar-refractivity contribution in [2.75, 3.05) is 17.8 Å². The van der Waals surface area contributed by atoms with Crippen molar-refractivity contribution in [3.63, 3.8) is 0 Å². The summed E-state index contributed by atoms with van der Waals surface area (Å²) >= 11 is 1.41. The summed E-state index contributed by atoms with van der Waals surface area (Å²) in [6.45, 7) is 4.05. The Morgan fingerprint density at radius 2 is 2.35 bits per heavy atom. The number of anilines is 1. The molecule has 0 amide bonds. The molecule has 94 valence electrons. The molecule has 0 unspecified atom stereocenters. The Hall–Kier alpha value is -1.34. The van der Waals surface area contributed by atoms with E-state index in [-0.39, 0.29) is 5.97 Å². The molecule has 0 fully saturated rings. The van der Waals surface area contributed by atoms with E-state index < -0.39 is 0 Å². The van der Waals surface area contributed by atoms with Crippen LogP contribution in [-0.4, -0.2) is 28.3 Å². The maximum absolute atomic E-state index is 11.1. The second-order valence-electron chi connectivity index (χ2n) is 3.25. The number of hydrogen-bond acceptors (Lipinski definition) is 7. The Kier molecular flexibility index (Phi) is 5.71. The molecule has 0 saturated carbocycles. The van der Waals surface area contributed by atoms with E-state index in [0.717, 1.165) is 5.69 Å². The van der Waals surface area contributed by atoms with Crippen LogP contribution >= 0.6 is 11.8 Å². The summed E-state index contributed by atoms with van der Waals surface area (Å²) in [5.41, 5.74) is 3.31. The van der Waals surface area contributed by atoms with Crippen LogP contribution in [0.3, 0.4) is 0 Å². The molecule has 0 saturated heterocycles. The highest BCUT2D eigenvalue weighted by Crippen LogP contribution is 2.12. The van der Waals surface area contributed by atoms with Crippen LogP contribution in [-0.2, 0) is 15.3 Å². The first-order chi connectivity index (χ1) is 8.15. The fourth-order valence-corrected chi connectivity index (χ4v) is 1.86. The van der Waals surface area contributed by atoms with Crippen molar-refractivity contribution in [1.29, 1.82) is 0 Å². The van der Waals surface area contributed by atoms with Crippen LogP contribution in [0.15, 0.2) is 6.07 Å². The Bertz CT molecular complexity index is 387. The topological polar surface area (TPSA) is 90.1 Å². The average molecular weight is 256 g/mol. The van der Waals surface area contributed by atoms with Crippen molar-refractivity contribution in [3.05, 3.63) is 17.6 Å². The molecule has 1 aromatic heterocycles. The van der Waals surface area contributed by atoms with E-state index >= 15 is 0 Å². The van der Waals surface area contributed by atoms with Crippen LogP contribution in [0.2, 0.25) is 0 Å². The number of nitrogens with one attached hydrogen (secondary N) is 1. The lowest BCUT2D eigenvalue weighted by molar-refractivity contribution is -0.139. The fourth-order valence-electron chi connectivity index (χ4n) is 1.20. The highest BCUT2D eigenvalue weighted by atomic mass is 32.2. The first-order valence-electron chi connectivity index (χ1n) is 5.20. The normalized spacial score (nSPS) is 10.1. The zero-order valence-electron chi connectivity index (χ0n) is 9.90. The Labute approximate surface area is 104 Å². The highest BCUT2D eigenvalue weighted by Gasteiger charge is 2.05. The Morgan fingerprint density at radius 1 is 1.59 bits per heavy atom. The molecule has 0 radical (unpaired) electrons. The number of carbonyl (C=O) groups is 1. The summed E-state index contributed by atoms with van der Waals surface area (Å²) in [5.74, 6) is 7.13. The smallest absolute Gasteiger partial charge is 0.315 e. The third kappa shape index (κ3) is 5.01. The number of nitrogens with two attached hydrogens (primary N) is 1. The number of hydrogen-bond donors (Lipinski definition) is 2. The van der Waals surface area contributed by atoms with Gasteiger partial charge in [-0.1, -0.05) is 0 Å². The molecule has 0 atom stereocenters. The standard InChI is InChI=1S/C10H16N4O2S/c1-3-16-10(15)6-17-5-9-12-7(2)4-8(13-9)14-11/h4H,3,5-6,11H2,1-2H3,(H,12,13,14). The number of nitrogens with zero attached hydrogens (tertiary/aromatic N) is 2. The number of esters is 1. The number of rotatable bonds is 6. The predicted molar refractivity (Wildman–Crippen MR) is 67.4 cm³/mol. The van der Waals surface area contributed by atoms with Crippen LogP contribution in [0.4, 0.5) is 5.82 Å². The second-order valence-corrected chi connectivity index (χ2v) is 4.24. The van der Waals surface area contributed by atoms with Crippen molar-refractivity contribution in [2.45, 2.75) is 19.6 Å². The minimum Gasteiger partial charge on any atom is -0.465 e. The van der Waals surface area contributed by atoms with Gasteiger partial charge in [-0.2, -0.15) is 0 Å². The number of hydrazine groups is 1. The van der Waals surface area contributed by atoms with Gasteiger partial charge in [0.2, 0.25) is 0 Å². The van der Waals surface area contributed by atoms with E-state index in [4.69, 9.17) is 10.6 Å². The maximum atomic E-state index is 11.1. The molecule has 0 aromatic carbocycles. The van der Waals surface area contributed by atoms with Crippen molar-refractivity contribution < 1.29 is 9.53 Å². The monoisotopic (exact) mass is 256 g/mol. The quantitative estimate of drug-likeness (QED) is 0.443. The molecule has 17 heavy (non-hydrogen) atoms. The Balaban J connectivity index is 2.46. The lowest BCUT2D eigenvalue weighted by atomic mass is 10.4. The van der Waals surface area contributed by atoms with Gasteiger partial charge in [0.1, 0.15) is 11.6 Å². The van der Waals surface area contributed by atoms with Gasteiger partial charge in [-0.3, -0.25) is 4.79 Å². The third-order valence-electron chi connectivity index (χ3n) is 1.80. The van der Waals surface area contributed by atoms with Gasteiger partial charge in [0.15, 0.2) is 0 Å². The number of aromatic nitrogens is 2. The van der Waals surface area contributed by atoms with Crippen molar-refractivity contribution in [2.24, 2.45) is 5.84 Å². The molecule has 0 aliphatic heterocycles. The van der Waals surface area contributed by atoms with Crippen molar-refractivity contribution in [3.8, 4) is 0 Å². The molecule has 1 rings (SSSR count). The van der Waals surface area contributed by atoms with Gasteiger partial charge in [0.25, 0.3) is 0 Å². The van der Waals surface area contributed by atoms with Crippen molar-refractivity contribution >= 4 is 23.5 Å². The summed E-state index contributed by atoms with van der Waals surface area (Å²) in [4.78, 5) is 19.5. The van der Waals surface area contributed by atoms with Gasteiger partial charge in [-0.05, 0) is 13.8 Å². The lowest BCUT2D eigenvalue weighted by Crippen LogP contribution is -2.11. The number of aryl methyl sites for hydroxylation is 1. The molecule has 0 spiro atoms. The van der Waals surface area contributed by atoms with E-state index in [9.17, 15) is 4.79 Å². The molecule has 0 aliphatic rings. The van der Waals surface area contributed by atoms with Gasteiger partial charge in [-0.25, -0.2) is 15.8 Å². The number of ether oxygens (including phenoxy) is 1. The lowest BCUT2D eigenvalue weighted by Gasteiger charge is -2.05. The SMILES string of the molecule is CCOC(=O)CSCc1nc(C)cc(NN)n1. The van der Waals surface area contributed by atoms with Gasteiger partial charge < -0.3 is 10.2 Å². The van der Waals surface area contributed by atoms with E-state index in [2.05, 4.69) is 15.4 Å². The van der Waals surface area contributed by atoms with Crippen LogP contribution in [0.25, 0.3) is 0 Å². The van der Waals surface area contributed by atoms with Gasteiger partial charge in [0.05, 0.1) is 18.1 Å². The molecular weight excluding hydrogens is 240 g/mol. The first kappa shape index (κ1) is 13.7. The Morgan fingerprint density at radius 3 is 3.00 bits per heavy atom. The van der Waals surface area contributed by atoms with E-state index in [0.29, 0.717) is 29.8 Å². The van der Waals surface area contributed by atoms with E-state index in [1.807, 2.05) is 6.92 Å². The summed E-state index contributed by atoms with van der Waals surface area (Å²) in [5, 5.41) is 0.